The molecule has 0 bridgehead atoms. The van der Waals surface area contributed by atoms with Crippen molar-refractivity contribution in [2.75, 3.05) is 5.75 Å². The molecule has 7 nitrogen and oxygen atoms in total. The van der Waals surface area contributed by atoms with Gasteiger partial charge in [0.2, 0.25) is 11.7 Å². The van der Waals surface area contributed by atoms with Gasteiger partial charge in [0.05, 0.1) is 0 Å². The summed E-state index contributed by atoms with van der Waals surface area (Å²) in [7, 11) is 0. The average molecular weight is 489 g/mol. The Balaban J connectivity index is 1.31. The predicted octanol–water partition coefficient (Wildman–Crippen LogP) is 6.07. The van der Waals surface area contributed by atoms with Gasteiger partial charge in [-0.2, -0.15) is 4.98 Å². The number of hydrogen-bond donors (Lipinski definition) is 0. The Morgan fingerprint density at radius 3 is 2.59 bits per heavy atom. The van der Waals surface area contributed by atoms with Crippen molar-refractivity contribution in [2.45, 2.75) is 24.9 Å². The Labute approximate surface area is 206 Å². The maximum absolute atomic E-state index is 6.09. The molecule has 0 atom stereocenters. The largest absolute Gasteiger partial charge is 0.339 e. The Kier molecular flexibility index (Phi) is 6.69. The summed E-state index contributed by atoms with van der Waals surface area (Å²) in [6.07, 6.45) is 4.97. The summed E-state index contributed by atoms with van der Waals surface area (Å²) in [5.41, 5.74) is 4.04. The molecule has 0 aliphatic rings. The molecule has 0 spiro atoms. The van der Waals surface area contributed by atoms with Crippen LogP contribution < -0.4 is 0 Å². The molecule has 9 heteroatoms. The number of thioether (sulfide) groups is 1. The van der Waals surface area contributed by atoms with Crippen molar-refractivity contribution >= 4 is 23.4 Å². The summed E-state index contributed by atoms with van der Waals surface area (Å²) in [5, 5.41) is 14.6. The molecule has 0 amide bonds. The first kappa shape index (κ1) is 22.3. The molecule has 5 aromatic rings. The van der Waals surface area contributed by atoms with Crippen LogP contribution in [0.15, 0.2) is 82.7 Å². The van der Waals surface area contributed by atoms with Crippen molar-refractivity contribution < 1.29 is 4.52 Å². The van der Waals surface area contributed by atoms with E-state index in [1.165, 1.54) is 5.56 Å². The molecule has 0 saturated heterocycles. The van der Waals surface area contributed by atoms with E-state index >= 15 is 0 Å². The van der Waals surface area contributed by atoms with Crippen LogP contribution >= 0.6 is 23.4 Å². The van der Waals surface area contributed by atoms with Crippen LogP contribution in [-0.4, -0.2) is 35.6 Å². The highest BCUT2D eigenvalue weighted by molar-refractivity contribution is 7.99. The molecule has 2 aromatic carbocycles. The first-order valence-electron chi connectivity index (χ1n) is 10.8. The number of aromatic nitrogens is 6. The minimum Gasteiger partial charge on any atom is -0.339 e. The third kappa shape index (κ3) is 5.03. The first-order chi connectivity index (χ1) is 16.7. The lowest BCUT2D eigenvalue weighted by Crippen LogP contribution is -2.00. The lowest BCUT2D eigenvalue weighted by Gasteiger charge is -2.11. The predicted molar refractivity (Wildman–Crippen MR) is 133 cm³/mol. The summed E-state index contributed by atoms with van der Waals surface area (Å²) in [6.45, 7) is 2.08. The van der Waals surface area contributed by atoms with Crippen LogP contribution in [0.4, 0.5) is 0 Å². The lowest BCUT2D eigenvalue weighted by atomic mass is 10.2. The minimum absolute atomic E-state index is 0.580. The minimum atomic E-state index is 0.580. The fraction of sp³-hybridized carbons (Fsp3) is 0.160. The van der Waals surface area contributed by atoms with Gasteiger partial charge in [-0.1, -0.05) is 40.7 Å². The van der Waals surface area contributed by atoms with Crippen LogP contribution in [-0.2, 0) is 6.42 Å². The van der Waals surface area contributed by atoms with E-state index in [1.54, 1.807) is 24.2 Å². The van der Waals surface area contributed by atoms with Gasteiger partial charge in [-0.05, 0) is 67.4 Å². The average Bonchev–Trinajstić information content (AvgIpc) is 3.50. The van der Waals surface area contributed by atoms with E-state index in [-0.39, 0.29) is 0 Å². The number of rotatable bonds is 8. The number of pyridine rings is 1. The normalized spacial score (nSPS) is 11.1. The summed E-state index contributed by atoms with van der Waals surface area (Å²) in [6, 6.07) is 19.7. The quantitative estimate of drug-likeness (QED) is 0.194. The summed E-state index contributed by atoms with van der Waals surface area (Å²) >= 11 is 7.74. The van der Waals surface area contributed by atoms with Gasteiger partial charge in [-0.15, -0.1) is 10.2 Å². The van der Waals surface area contributed by atoms with Gasteiger partial charge in [0.1, 0.15) is 0 Å². The SMILES string of the molecule is Cc1cccc(-n2c(SCCCc3nc(-c4ccncc4)no3)nnc2-c2ccc(Cl)cc2)c1. The molecule has 3 heterocycles. The molecule has 0 fully saturated rings. The molecular weight excluding hydrogens is 468 g/mol. The summed E-state index contributed by atoms with van der Waals surface area (Å²) in [4.78, 5) is 8.51. The van der Waals surface area contributed by atoms with Crippen LogP contribution in [0.3, 0.4) is 0 Å². The Morgan fingerprint density at radius 1 is 0.971 bits per heavy atom. The number of benzene rings is 2. The number of aryl methyl sites for hydroxylation is 2. The summed E-state index contributed by atoms with van der Waals surface area (Å²) < 4.78 is 7.51. The van der Waals surface area contributed by atoms with Gasteiger partial charge < -0.3 is 4.52 Å². The molecule has 0 saturated carbocycles. The van der Waals surface area contributed by atoms with Gasteiger partial charge in [0.15, 0.2) is 11.0 Å². The van der Waals surface area contributed by atoms with E-state index < -0.39 is 0 Å². The van der Waals surface area contributed by atoms with Crippen molar-refractivity contribution in [3.8, 4) is 28.5 Å². The maximum Gasteiger partial charge on any atom is 0.226 e. The first-order valence-corrected chi connectivity index (χ1v) is 12.2. The van der Waals surface area contributed by atoms with Crippen molar-refractivity contribution in [1.29, 1.82) is 0 Å². The van der Waals surface area contributed by atoms with Crippen molar-refractivity contribution in [3.63, 3.8) is 0 Å². The van der Waals surface area contributed by atoms with Gasteiger partial charge in [-0.3, -0.25) is 9.55 Å². The molecule has 0 aliphatic carbocycles. The number of halogens is 1. The monoisotopic (exact) mass is 488 g/mol. The highest BCUT2D eigenvalue weighted by atomic mass is 35.5. The van der Waals surface area contributed by atoms with E-state index in [9.17, 15) is 0 Å². The number of nitrogens with zero attached hydrogens (tertiary/aromatic N) is 6. The number of hydrogen-bond acceptors (Lipinski definition) is 7. The molecule has 170 valence electrons. The smallest absolute Gasteiger partial charge is 0.226 e. The van der Waals surface area contributed by atoms with Gasteiger partial charge >= 0.3 is 0 Å². The fourth-order valence-corrected chi connectivity index (χ4v) is 4.53. The van der Waals surface area contributed by atoms with Gasteiger partial charge in [0.25, 0.3) is 0 Å². The molecule has 3 aromatic heterocycles. The van der Waals surface area contributed by atoms with E-state index in [2.05, 4.69) is 55.0 Å². The van der Waals surface area contributed by atoms with Crippen LogP contribution in [0, 0.1) is 6.92 Å². The van der Waals surface area contributed by atoms with E-state index in [1.807, 2.05) is 42.5 Å². The highest BCUT2D eigenvalue weighted by Gasteiger charge is 2.17. The standard InChI is InChI=1S/C25H21ClN6OS/c1-17-4-2-5-21(16-17)32-24(19-7-9-20(26)10-8-19)29-30-25(32)34-15-3-6-22-28-23(31-33-22)18-11-13-27-14-12-18/h2,4-5,7-14,16H,3,6,15H2,1H3. The Morgan fingerprint density at radius 2 is 1.79 bits per heavy atom. The molecule has 0 unspecified atom stereocenters. The van der Waals surface area contributed by atoms with Crippen LogP contribution in [0.25, 0.3) is 28.5 Å². The van der Waals surface area contributed by atoms with Gasteiger partial charge in [0, 0.05) is 46.4 Å². The van der Waals surface area contributed by atoms with E-state index in [0.29, 0.717) is 23.2 Å². The maximum atomic E-state index is 6.09. The van der Waals surface area contributed by atoms with Crippen molar-refractivity contribution in [2.24, 2.45) is 0 Å². The molecule has 5 rings (SSSR count). The fourth-order valence-electron chi connectivity index (χ4n) is 3.51. The Bertz CT molecular complexity index is 1380. The van der Waals surface area contributed by atoms with E-state index in [4.69, 9.17) is 16.1 Å². The third-order valence-corrected chi connectivity index (χ3v) is 6.44. The molecule has 0 aliphatic heterocycles. The zero-order valence-electron chi connectivity index (χ0n) is 18.4. The van der Waals surface area contributed by atoms with Crippen molar-refractivity contribution in [3.05, 3.63) is 89.5 Å². The Hall–Kier alpha value is -3.49. The van der Waals surface area contributed by atoms with Crippen molar-refractivity contribution in [1.82, 2.24) is 29.9 Å². The second kappa shape index (κ2) is 10.2. The highest BCUT2D eigenvalue weighted by Crippen LogP contribution is 2.29. The van der Waals surface area contributed by atoms with Crippen LogP contribution in [0.5, 0.6) is 0 Å². The third-order valence-electron chi connectivity index (χ3n) is 5.17. The topological polar surface area (TPSA) is 82.5 Å². The molecule has 34 heavy (non-hydrogen) atoms. The second-order valence-electron chi connectivity index (χ2n) is 7.69. The molecule has 0 radical (unpaired) electrons. The van der Waals surface area contributed by atoms with Crippen LogP contribution in [0.2, 0.25) is 5.02 Å². The van der Waals surface area contributed by atoms with E-state index in [0.717, 1.165) is 40.0 Å². The zero-order valence-corrected chi connectivity index (χ0v) is 20.0. The second-order valence-corrected chi connectivity index (χ2v) is 9.19. The molecule has 0 N–H and O–H groups in total. The molecular formula is C25H21ClN6OS. The summed E-state index contributed by atoms with van der Waals surface area (Å²) in [5.74, 6) is 2.81. The zero-order chi connectivity index (χ0) is 23.3. The van der Waals surface area contributed by atoms with Gasteiger partial charge in [-0.25, -0.2) is 0 Å². The van der Waals surface area contributed by atoms with Crippen LogP contribution in [0.1, 0.15) is 17.9 Å². The lowest BCUT2D eigenvalue weighted by molar-refractivity contribution is 0.378.